The van der Waals surface area contributed by atoms with Crippen LogP contribution in [0.25, 0.3) is 10.9 Å². The van der Waals surface area contributed by atoms with E-state index < -0.39 is 0 Å². The van der Waals surface area contributed by atoms with Crippen LogP contribution >= 0.6 is 0 Å². The summed E-state index contributed by atoms with van der Waals surface area (Å²) in [5, 5.41) is 12.0. The number of aromatic nitrogens is 1. The molecule has 0 amide bonds. The molecule has 1 aromatic heterocycles. The van der Waals surface area contributed by atoms with Crippen LogP contribution in [-0.4, -0.2) is 15.4 Å². The maximum absolute atomic E-state index is 11.1. The van der Waals surface area contributed by atoms with Crippen molar-refractivity contribution in [2.45, 2.75) is 32.2 Å². The summed E-state index contributed by atoms with van der Waals surface area (Å²) in [7, 11) is 0. The number of hydrogen-bond acceptors (Lipinski definition) is 4. The Morgan fingerprint density at radius 2 is 2.05 bits per heavy atom. The Hall–Kier alpha value is -2.01. The molecule has 0 bridgehead atoms. The van der Waals surface area contributed by atoms with E-state index in [9.17, 15) is 10.1 Å². The Labute approximate surface area is 111 Å². The molecule has 0 saturated heterocycles. The lowest BCUT2D eigenvalue weighted by Gasteiger charge is -2.18. The summed E-state index contributed by atoms with van der Waals surface area (Å²) in [5.41, 5.74) is 7.18. The molecule has 19 heavy (non-hydrogen) atoms. The molecular weight excluding hydrogens is 242 g/mol. The van der Waals surface area contributed by atoms with E-state index in [-0.39, 0.29) is 16.1 Å². The van der Waals surface area contributed by atoms with E-state index in [4.69, 9.17) is 5.73 Å². The smallest absolute Gasteiger partial charge is 0.291 e. The lowest BCUT2D eigenvalue weighted by molar-refractivity contribution is -0.385. The van der Waals surface area contributed by atoms with Crippen molar-refractivity contribution in [2.24, 2.45) is 5.73 Å². The second-order valence-electron chi connectivity index (χ2n) is 5.38. The van der Waals surface area contributed by atoms with E-state index in [1.54, 1.807) is 0 Å². The van der Waals surface area contributed by atoms with Crippen LogP contribution in [0.15, 0.2) is 30.5 Å². The second-order valence-corrected chi connectivity index (χ2v) is 5.38. The summed E-state index contributed by atoms with van der Waals surface area (Å²) in [6.45, 7) is 3.84. The van der Waals surface area contributed by atoms with Crippen molar-refractivity contribution in [3.8, 4) is 0 Å². The van der Waals surface area contributed by atoms with Crippen molar-refractivity contribution < 1.29 is 4.92 Å². The molecule has 5 nitrogen and oxygen atoms in total. The predicted octanol–water partition coefficient (Wildman–Crippen LogP) is 2.81. The van der Waals surface area contributed by atoms with Gasteiger partial charge in [-0.25, -0.2) is 4.98 Å². The van der Waals surface area contributed by atoms with Crippen LogP contribution in [0, 0.1) is 10.1 Å². The number of para-hydroxylation sites is 1. The fourth-order valence-electron chi connectivity index (χ4n) is 2.06. The maximum Gasteiger partial charge on any atom is 0.291 e. The molecule has 0 fully saturated rings. The highest BCUT2D eigenvalue weighted by atomic mass is 16.6. The third-order valence-electron chi connectivity index (χ3n) is 3.08. The molecule has 0 aliphatic rings. The number of nitrogens with two attached hydrogens (primary N) is 1. The van der Waals surface area contributed by atoms with Crippen molar-refractivity contribution in [3.63, 3.8) is 0 Å². The second kappa shape index (κ2) is 4.93. The topological polar surface area (TPSA) is 82.0 Å². The molecule has 0 unspecified atom stereocenters. The number of nitro groups is 1. The number of pyridine rings is 1. The normalized spacial score (nSPS) is 11.7. The van der Waals surface area contributed by atoms with Crippen LogP contribution in [0.4, 0.5) is 5.69 Å². The van der Waals surface area contributed by atoms with E-state index in [0.717, 1.165) is 10.9 Å². The lowest BCUT2D eigenvalue weighted by atomic mass is 9.94. The summed E-state index contributed by atoms with van der Waals surface area (Å²) in [5.74, 6) is 0. The highest BCUT2D eigenvalue weighted by Gasteiger charge is 2.20. The van der Waals surface area contributed by atoms with E-state index in [0.29, 0.717) is 18.4 Å². The lowest BCUT2D eigenvalue weighted by Crippen LogP contribution is -2.32. The summed E-state index contributed by atoms with van der Waals surface area (Å²) < 4.78 is 0. The molecule has 5 heteroatoms. The molecular formula is C14H17N3O2. The van der Waals surface area contributed by atoms with Gasteiger partial charge >= 0.3 is 0 Å². The average molecular weight is 259 g/mol. The Bertz CT molecular complexity index is 618. The quantitative estimate of drug-likeness (QED) is 0.676. The van der Waals surface area contributed by atoms with Crippen molar-refractivity contribution in [2.75, 3.05) is 0 Å². The molecule has 0 aliphatic heterocycles. The van der Waals surface area contributed by atoms with Crippen molar-refractivity contribution >= 4 is 16.6 Å². The predicted molar refractivity (Wildman–Crippen MR) is 75.0 cm³/mol. The Kier molecular flexibility index (Phi) is 3.48. The Balaban J connectivity index is 2.53. The molecule has 100 valence electrons. The Morgan fingerprint density at radius 1 is 1.37 bits per heavy atom. The van der Waals surface area contributed by atoms with Gasteiger partial charge in [0.05, 0.1) is 10.4 Å². The van der Waals surface area contributed by atoms with Gasteiger partial charge in [0.25, 0.3) is 5.69 Å². The molecule has 0 spiro atoms. The summed E-state index contributed by atoms with van der Waals surface area (Å²) in [6.07, 6.45) is 2.59. The van der Waals surface area contributed by atoms with Crippen LogP contribution in [-0.2, 0) is 6.42 Å². The molecule has 0 radical (unpaired) electrons. The Morgan fingerprint density at radius 3 is 2.68 bits per heavy atom. The highest BCUT2D eigenvalue weighted by Crippen LogP contribution is 2.28. The van der Waals surface area contributed by atoms with Gasteiger partial charge in [0.2, 0.25) is 0 Å². The average Bonchev–Trinajstić information content (AvgIpc) is 2.34. The third-order valence-corrected chi connectivity index (χ3v) is 3.08. The first-order valence-electron chi connectivity index (χ1n) is 6.18. The van der Waals surface area contributed by atoms with Crippen LogP contribution < -0.4 is 5.73 Å². The first kappa shape index (κ1) is 13.4. The van der Waals surface area contributed by atoms with Crippen molar-refractivity contribution in [1.82, 2.24) is 4.98 Å². The van der Waals surface area contributed by atoms with Crippen LogP contribution in [0.3, 0.4) is 0 Å². The van der Waals surface area contributed by atoms with Gasteiger partial charge in [-0.2, -0.15) is 0 Å². The van der Waals surface area contributed by atoms with Gasteiger partial charge in [-0.15, -0.1) is 0 Å². The summed E-state index contributed by atoms with van der Waals surface area (Å²) in [6, 6.07) is 7.47. The van der Waals surface area contributed by atoms with Gasteiger partial charge < -0.3 is 5.73 Å². The number of hydrogen-bond donors (Lipinski definition) is 1. The van der Waals surface area contributed by atoms with Crippen LogP contribution in [0.2, 0.25) is 0 Å². The minimum Gasteiger partial charge on any atom is -0.326 e. The van der Waals surface area contributed by atoms with Crippen molar-refractivity contribution in [3.05, 3.63) is 46.1 Å². The number of aryl methyl sites for hydroxylation is 1. The summed E-state index contributed by atoms with van der Waals surface area (Å²) >= 11 is 0. The minimum absolute atomic E-state index is 0.0722. The van der Waals surface area contributed by atoms with E-state index in [1.165, 1.54) is 6.20 Å². The zero-order chi connectivity index (χ0) is 14.0. The van der Waals surface area contributed by atoms with Gasteiger partial charge in [-0.1, -0.05) is 18.2 Å². The standard InChI is InChI=1S/C14H17N3O2/c1-14(2,15)8-7-11-10-5-3-4-6-12(10)16-9-13(11)17(18)19/h3-6,9H,7-8,15H2,1-2H3. The van der Waals surface area contributed by atoms with Gasteiger partial charge in [0, 0.05) is 16.5 Å². The van der Waals surface area contributed by atoms with Gasteiger partial charge in [0.15, 0.2) is 0 Å². The molecule has 1 aromatic carbocycles. The molecule has 0 saturated carbocycles. The molecule has 0 atom stereocenters. The first-order chi connectivity index (χ1) is 8.88. The molecule has 2 rings (SSSR count). The number of nitrogens with zero attached hydrogens (tertiary/aromatic N) is 2. The number of rotatable bonds is 4. The summed E-state index contributed by atoms with van der Waals surface area (Å²) in [4.78, 5) is 14.9. The number of fused-ring (bicyclic) bond motifs is 1. The van der Waals surface area contributed by atoms with Crippen molar-refractivity contribution in [1.29, 1.82) is 0 Å². The SMILES string of the molecule is CC(C)(N)CCc1c([N+](=O)[O-])cnc2ccccc12. The van der Waals surface area contributed by atoms with Gasteiger partial charge in [0.1, 0.15) is 6.20 Å². The zero-order valence-electron chi connectivity index (χ0n) is 11.1. The van der Waals surface area contributed by atoms with Crippen LogP contribution in [0.1, 0.15) is 25.8 Å². The molecule has 0 aliphatic carbocycles. The fourth-order valence-corrected chi connectivity index (χ4v) is 2.06. The van der Waals surface area contributed by atoms with E-state index >= 15 is 0 Å². The zero-order valence-corrected chi connectivity index (χ0v) is 11.1. The monoisotopic (exact) mass is 259 g/mol. The van der Waals surface area contributed by atoms with Gasteiger partial charge in [-0.3, -0.25) is 10.1 Å². The van der Waals surface area contributed by atoms with Gasteiger partial charge in [-0.05, 0) is 32.8 Å². The highest BCUT2D eigenvalue weighted by molar-refractivity contribution is 5.85. The largest absolute Gasteiger partial charge is 0.326 e. The maximum atomic E-state index is 11.1. The number of benzene rings is 1. The van der Waals surface area contributed by atoms with E-state index in [2.05, 4.69) is 4.98 Å². The third kappa shape index (κ3) is 3.06. The van der Waals surface area contributed by atoms with E-state index in [1.807, 2.05) is 38.1 Å². The minimum atomic E-state index is -0.377. The fraction of sp³-hybridized carbons (Fsp3) is 0.357. The first-order valence-corrected chi connectivity index (χ1v) is 6.18. The molecule has 2 aromatic rings. The molecule has 1 heterocycles. The van der Waals surface area contributed by atoms with Crippen LogP contribution in [0.5, 0.6) is 0 Å². The molecule has 2 N–H and O–H groups in total.